The second-order valence-electron chi connectivity index (χ2n) is 5.32. The lowest BCUT2D eigenvalue weighted by Gasteiger charge is -2.31. The molecule has 3 N–H and O–H groups in total. The first-order chi connectivity index (χ1) is 9.78. The maximum Gasteiger partial charge on any atom is 0.323 e. The van der Waals surface area contributed by atoms with Crippen molar-refractivity contribution in [1.29, 1.82) is 0 Å². The van der Waals surface area contributed by atoms with Gasteiger partial charge in [-0.25, -0.2) is 4.79 Å². The van der Waals surface area contributed by atoms with Gasteiger partial charge in [0.1, 0.15) is 0 Å². The number of H-pyrrole nitrogens is 2. The minimum absolute atomic E-state index is 0.161. The van der Waals surface area contributed by atoms with Gasteiger partial charge in [0.15, 0.2) is 0 Å². The molecule has 20 heavy (non-hydrogen) atoms. The third-order valence-corrected chi connectivity index (χ3v) is 3.91. The standard InChI is InChI=1S/C15H21N3O2/c1-2-16-14(13-5-3-4-8-20-13)10-6-7-11-12(9-10)18-15(19)17-11/h6-7,9,13-14,16H,2-5,8H2,1H3,(H2,17,18,19). The summed E-state index contributed by atoms with van der Waals surface area (Å²) >= 11 is 0. The van der Waals surface area contributed by atoms with Crippen molar-refractivity contribution in [2.75, 3.05) is 13.2 Å². The average molecular weight is 275 g/mol. The van der Waals surface area contributed by atoms with E-state index in [0.29, 0.717) is 0 Å². The Labute approximate surface area is 117 Å². The molecule has 2 atom stereocenters. The van der Waals surface area contributed by atoms with Crippen LogP contribution in [0.25, 0.3) is 11.0 Å². The molecule has 108 valence electrons. The molecule has 5 nitrogen and oxygen atoms in total. The van der Waals surface area contributed by atoms with Gasteiger partial charge in [0, 0.05) is 6.61 Å². The molecule has 2 heterocycles. The lowest BCUT2D eigenvalue weighted by atomic mass is 9.95. The number of rotatable bonds is 4. The summed E-state index contributed by atoms with van der Waals surface area (Å²) in [6, 6.07) is 6.24. The first-order valence-corrected chi connectivity index (χ1v) is 7.35. The number of aromatic nitrogens is 2. The Kier molecular flexibility index (Phi) is 3.89. The number of hydrogen-bond acceptors (Lipinski definition) is 3. The highest BCUT2D eigenvalue weighted by Crippen LogP contribution is 2.27. The molecule has 0 radical (unpaired) electrons. The third kappa shape index (κ3) is 2.64. The van der Waals surface area contributed by atoms with Crippen molar-refractivity contribution < 1.29 is 4.74 Å². The number of nitrogens with one attached hydrogen (secondary N) is 3. The van der Waals surface area contributed by atoms with Crippen LogP contribution in [0.15, 0.2) is 23.0 Å². The first kappa shape index (κ1) is 13.4. The molecule has 2 unspecified atom stereocenters. The SMILES string of the molecule is CCNC(c1ccc2[nH]c(=O)[nH]c2c1)C1CCCCO1. The van der Waals surface area contributed by atoms with Crippen molar-refractivity contribution in [2.45, 2.75) is 38.3 Å². The number of imidazole rings is 1. The van der Waals surface area contributed by atoms with E-state index < -0.39 is 0 Å². The summed E-state index contributed by atoms with van der Waals surface area (Å²) in [6.07, 6.45) is 3.67. The molecule has 2 aromatic rings. The fraction of sp³-hybridized carbons (Fsp3) is 0.533. The molecule has 1 fully saturated rings. The maximum atomic E-state index is 11.3. The van der Waals surface area contributed by atoms with Crippen LogP contribution in [0.3, 0.4) is 0 Å². The van der Waals surface area contributed by atoms with Crippen molar-refractivity contribution in [1.82, 2.24) is 15.3 Å². The van der Waals surface area contributed by atoms with E-state index in [1.165, 1.54) is 12.0 Å². The molecule has 0 spiro atoms. The summed E-state index contributed by atoms with van der Waals surface area (Å²) in [4.78, 5) is 16.9. The van der Waals surface area contributed by atoms with Crippen LogP contribution in [-0.2, 0) is 4.74 Å². The van der Waals surface area contributed by atoms with Crippen LogP contribution >= 0.6 is 0 Å². The molecular weight excluding hydrogens is 254 g/mol. The van der Waals surface area contributed by atoms with Crippen LogP contribution in [0.2, 0.25) is 0 Å². The largest absolute Gasteiger partial charge is 0.376 e. The summed E-state index contributed by atoms with van der Waals surface area (Å²) in [7, 11) is 0. The van der Waals surface area contributed by atoms with Crippen molar-refractivity contribution in [3.63, 3.8) is 0 Å². The first-order valence-electron chi connectivity index (χ1n) is 7.35. The van der Waals surface area contributed by atoms with Crippen molar-refractivity contribution in [3.05, 3.63) is 34.2 Å². The van der Waals surface area contributed by atoms with E-state index in [-0.39, 0.29) is 17.8 Å². The van der Waals surface area contributed by atoms with Gasteiger partial charge in [-0.15, -0.1) is 0 Å². The molecule has 1 saturated heterocycles. The Morgan fingerprint density at radius 1 is 1.35 bits per heavy atom. The van der Waals surface area contributed by atoms with Crippen LogP contribution in [0, 0.1) is 0 Å². The maximum absolute atomic E-state index is 11.3. The third-order valence-electron chi connectivity index (χ3n) is 3.91. The molecule has 1 aromatic carbocycles. The van der Waals surface area contributed by atoms with Gasteiger partial charge in [-0.05, 0) is 43.5 Å². The zero-order chi connectivity index (χ0) is 13.9. The lowest BCUT2D eigenvalue weighted by molar-refractivity contribution is -0.00783. The number of aromatic amines is 2. The second-order valence-corrected chi connectivity index (χ2v) is 5.32. The van der Waals surface area contributed by atoms with Gasteiger partial charge in [-0.2, -0.15) is 0 Å². The smallest absolute Gasteiger partial charge is 0.323 e. The summed E-state index contributed by atoms with van der Waals surface area (Å²) in [5, 5.41) is 3.51. The van der Waals surface area contributed by atoms with E-state index >= 15 is 0 Å². The number of ether oxygens (including phenoxy) is 1. The number of fused-ring (bicyclic) bond motifs is 1. The van der Waals surface area contributed by atoms with Gasteiger partial charge >= 0.3 is 5.69 Å². The Balaban J connectivity index is 1.92. The molecule has 0 amide bonds. The van der Waals surface area contributed by atoms with Gasteiger partial charge in [0.2, 0.25) is 0 Å². The fourth-order valence-electron chi connectivity index (χ4n) is 2.96. The highest BCUT2D eigenvalue weighted by atomic mass is 16.5. The van der Waals surface area contributed by atoms with E-state index in [1.807, 2.05) is 12.1 Å². The van der Waals surface area contributed by atoms with Crippen LogP contribution in [-0.4, -0.2) is 29.2 Å². The minimum Gasteiger partial charge on any atom is -0.376 e. The fourth-order valence-corrected chi connectivity index (χ4v) is 2.96. The van der Waals surface area contributed by atoms with E-state index in [1.54, 1.807) is 0 Å². The highest BCUT2D eigenvalue weighted by Gasteiger charge is 2.25. The molecular formula is C15H21N3O2. The molecule has 1 aromatic heterocycles. The van der Waals surface area contributed by atoms with Crippen LogP contribution in [0.5, 0.6) is 0 Å². The van der Waals surface area contributed by atoms with Gasteiger partial charge in [-0.3, -0.25) is 0 Å². The normalized spacial score (nSPS) is 21.1. The minimum atomic E-state index is -0.161. The van der Waals surface area contributed by atoms with Gasteiger partial charge in [0.25, 0.3) is 0 Å². The van der Waals surface area contributed by atoms with E-state index in [0.717, 1.165) is 37.0 Å². The summed E-state index contributed by atoms with van der Waals surface area (Å²) in [5.41, 5.74) is 2.71. The van der Waals surface area contributed by atoms with Crippen molar-refractivity contribution in [2.24, 2.45) is 0 Å². The molecule has 0 saturated carbocycles. The topological polar surface area (TPSA) is 69.9 Å². The van der Waals surface area contributed by atoms with E-state index in [4.69, 9.17) is 4.74 Å². The molecule has 3 rings (SSSR count). The van der Waals surface area contributed by atoms with E-state index in [2.05, 4.69) is 28.3 Å². The van der Waals surface area contributed by atoms with Gasteiger partial charge < -0.3 is 20.0 Å². The van der Waals surface area contributed by atoms with Gasteiger partial charge in [0.05, 0.1) is 23.2 Å². The molecule has 0 aliphatic carbocycles. The van der Waals surface area contributed by atoms with Gasteiger partial charge in [-0.1, -0.05) is 13.0 Å². The lowest BCUT2D eigenvalue weighted by Crippen LogP contribution is -2.35. The van der Waals surface area contributed by atoms with Crippen LogP contribution in [0.4, 0.5) is 0 Å². The molecule has 1 aliphatic heterocycles. The molecule has 5 heteroatoms. The molecule has 1 aliphatic rings. The summed E-state index contributed by atoms with van der Waals surface area (Å²) in [6.45, 7) is 3.84. The number of hydrogen-bond donors (Lipinski definition) is 3. The zero-order valence-electron chi connectivity index (χ0n) is 11.7. The monoisotopic (exact) mass is 275 g/mol. The quantitative estimate of drug-likeness (QED) is 0.800. The van der Waals surface area contributed by atoms with Crippen LogP contribution in [0.1, 0.15) is 37.8 Å². The van der Waals surface area contributed by atoms with Crippen molar-refractivity contribution in [3.8, 4) is 0 Å². The summed E-state index contributed by atoms with van der Waals surface area (Å²) in [5.74, 6) is 0. The van der Waals surface area contributed by atoms with E-state index in [9.17, 15) is 4.79 Å². The van der Waals surface area contributed by atoms with Crippen molar-refractivity contribution >= 4 is 11.0 Å². The Bertz CT molecular complexity index is 625. The highest BCUT2D eigenvalue weighted by molar-refractivity contribution is 5.75. The Morgan fingerprint density at radius 3 is 2.95 bits per heavy atom. The van der Waals surface area contributed by atoms with Crippen LogP contribution < -0.4 is 11.0 Å². The second kappa shape index (κ2) is 5.81. The predicted octanol–water partition coefficient (Wildman–Crippen LogP) is 2.08. The Hall–Kier alpha value is -1.59. The predicted molar refractivity (Wildman–Crippen MR) is 78.9 cm³/mol. The molecule has 0 bridgehead atoms. The average Bonchev–Trinajstić information content (AvgIpc) is 2.84. The number of likely N-dealkylation sites (N-methyl/N-ethyl adjacent to an activating group) is 1. The Morgan fingerprint density at radius 2 is 2.20 bits per heavy atom. The number of benzene rings is 1. The summed E-state index contributed by atoms with van der Waals surface area (Å²) < 4.78 is 5.92. The zero-order valence-corrected chi connectivity index (χ0v) is 11.7.